The van der Waals surface area contributed by atoms with Gasteiger partial charge < -0.3 is 4.74 Å². The monoisotopic (exact) mass is 253 g/mol. The van der Waals surface area contributed by atoms with E-state index in [1.54, 1.807) is 4.90 Å². The van der Waals surface area contributed by atoms with Crippen LogP contribution >= 0.6 is 11.6 Å². The summed E-state index contributed by atoms with van der Waals surface area (Å²) < 4.78 is 5.13. The van der Waals surface area contributed by atoms with Crippen LogP contribution in [-0.2, 0) is 11.3 Å². The molecular weight excluding hydrogens is 238 g/mol. The highest BCUT2D eigenvalue weighted by atomic mass is 35.5. The third-order valence-electron chi connectivity index (χ3n) is 3.20. The molecule has 1 aromatic rings. The molecule has 4 heteroatoms. The number of benzene rings is 1. The second kappa shape index (κ2) is 4.96. The maximum atomic E-state index is 11.7. The molecule has 1 aliphatic heterocycles. The van der Waals surface area contributed by atoms with Gasteiger partial charge in [-0.15, -0.1) is 11.6 Å². The molecule has 0 aliphatic carbocycles. The van der Waals surface area contributed by atoms with Crippen LogP contribution in [0.5, 0.6) is 0 Å². The van der Waals surface area contributed by atoms with Crippen LogP contribution in [0.25, 0.3) is 0 Å². The lowest BCUT2D eigenvalue weighted by Gasteiger charge is -2.31. The molecule has 1 aliphatic rings. The zero-order valence-corrected chi connectivity index (χ0v) is 10.6. The lowest BCUT2D eigenvalue weighted by molar-refractivity contribution is 0.149. The van der Waals surface area contributed by atoms with E-state index in [-0.39, 0.29) is 11.6 Å². The van der Waals surface area contributed by atoms with Crippen LogP contribution in [0.3, 0.4) is 0 Å². The van der Waals surface area contributed by atoms with Crippen LogP contribution in [0.1, 0.15) is 18.9 Å². The molecule has 0 spiro atoms. The van der Waals surface area contributed by atoms with Crippen molar-refractivity contribution in [3.05, 3.63) is 35.9 Å². The molecule has 3 nitrogen and oxygen atoms in total. The van der Waals surface area contributed by atoms with Crippen molar-refractivity contribution in [2.75, 3.05) is 12.5 Å². The van der Waals surface area contributed by atoms with Crippen molar-refractivity contribution in [1.29, 1.82) is 0 Å². The molecule has 0 unspecified atom stereocenters. The Labute approximate surface area is 106 Å². The standard InChI is InChI=1S/C13H16ClNO2/c1-13(7-8-14)10-17-12(16)15(13)9-11-5-3-2-4-6-11/h2-6H,7-10H2,1H3/t13-/m0/s1. The number of carbonyl (C=O) groups excluding carboxylic acids is 1. The fourth-order valence-corrected chi connectivity index (χ4v) is 2.43. The highest BCUT2D eigenvalue weighted by Gasteiger charge is 2.42. The van der Waals surface area contributed by atoms with E-state index in [4.69, 9.17) is 16.3 Å². The number of carbonyl (C=O) groups is 1. The highest BCUT2D eigenvalue weighted by molar-refractivity contribution is 6.17. The smallest absolute Gasteiger partial charge is 0.410 e. The predicted molar refractivity (Wildman–Crippen MR) is 67.1 cm³/mol. The average molecular weight is 254 g/mol. The number of halogens is 1. The zero-order valence-electron chi connectivity index (χ0n) is 9.86. The Morgan fingerprint density at radius 2 is 2.12 bits per heavy atom. The van der Waals surface area contributed by atoms with Crippen molar-refractivity contribution in [1.82, 2.24) is 4.90 Å². The Balaban J connectivity index is 2.15. The van der Waals surface area contributed by atoms with E-state index in [1.165, 1.54) is 0 Å². The second-order valence-electron chi connectivity index (χ2n) is 4.56. The fraction of sp³-hybridized carbons (Fsp3) is 0.462. The van der Waals surface area contributed by atoms with Gasteiger partial charge in [0.1, 0.15) is 6.61 Å². The van der Waals surface area contributed by atoms with Gasteiger partial charge in [0.15, 0.2) is 0 Å². The molecule has 1 amide bonds. The minimum atomic E-state index is -0.283. The summed E-state index contributed by atoms with van der Waals surface area (Å²) in [5.41, 5.74) is 0.821. The third-order valence-corrected chi connectivity index (χ3v) is 3.38. The topological polar surface area (TPSA) is 29.5 Å². The third kappa shape index (κ3) is 2.55. The Morgan fingerprint density at radius 3 is 2.76 bits per heavy atom. The molecule has 0 bridgehead atoms. The Morgan fingerprint density at radius 1 is 1.41 bits per heavy atom. The maximum Gasteiger partial charge on any atom is 0.410 e. The van der Waals surface area contributed by atoms with Gasteiger partial charge in [-0.25, -0.2) is 4.79 Å². The summed E-state index contributed by atoms with van der Waals surface area (Å²) in [5.74, 6) is 0.526. The molecule has 1 heterocycles. The minimum absolute atomic E-state index is 0.249. The van der Waals surface area contributed by atoms with Crippen molar-refractivity contribution in [2.24, 2.45) is 0 Å². The van der Waals surface area contributed by atoms with E-state index in [2.05, 4.69) is 0 Å². The predicted octanol–water partition coefficient (Wildman–Crippen LogP) is 3.03. The van der Waals surface area contributed by atoms with Gasteiger partial charge in [0.2, 0.25) is 0 Å². The average Bonchev–Trinajstić information content (AvgIpc) is 2.60. The second-order valence-corrected chi connectivity index (χ2v) is 4.94. The summed E-state index contributed by atoms with van der Waals surface area (Å²) in [5, 5.41) is 0. The number of rotatable bonds is 4. The van der Waals surface area contributed by atoms with Crippen LogP contribution in [0.2, 0.25) is 0 Å². The van der Waals surface area contributed by atoms with Crippen molar-refractivity contribution >= 4 is 17.7 Å². The fourth-order valence-electron chi connectivity index (χ4n) is 2.03. The van der Waals surface area contributed by atoms with Crippen LogP contribution in [0.15, 0.2) is 30.3 Å². The first-order valence-electron chi connectivity index (χ1n) is 5.70. The lowest BCUT2D eigenvalue weighted by Crippen LogP contribution is -2.44. The molecule has 0 N–H and O–H groups in total. The Bertz CT molecular complexity index is 396. The van der Waals surface area contributed by atoms with Crippen LogP contribution < -0.4 is 0 Å². The van der Waals surface area contributed by atoms with E-state index in [0.717, 1.165) is 12.0 Å². The van der Waals surface area contributed by atoms with Crippen molar-refractivity contribution < 1.29 is 9.53 Å². The molecule has 0 aromatic heterocycles. The van der Waals surface area contributed by atoms with Gasteiger partial charge in [-0.05, 0) is 18.9 Å². The maximum absolute atomic E-state index is 11.7. The summed E-state index contributed by atoms with van der Waals surface area (Å²) in [6.45, 7) is 3.02. The molecule has 0 saturated carbocycles. The van der Waals surface area contributed by atoms with Crippen molar-refractivity contribution in [3.8, 4) is 0 Å². The van der Waals surface area contributed by atoms with Gasteiger partial charge in [0.05, 0.1) is 5.54 Å². The van der Waals surface area contributed by atoms with Gasteiger partial charge in [0, 0.05) is 12.4 Å². The molecule has 92 valence electrons. The summed E-state index contributed by atoms with van der Waals surface area (Å²) in [4.78, 5) is 13.5. The first kappa shape index (κ1) is 12.2. The largest absolute Gasteiger partial charge is 0.447 e. The molecule has 2 rings (SSSR count). The zero-order chi connectivity index (χ0) is 12.3. The van der Waals surface area contributed by atoms with E-state index in [0.29, 0.717) is 19.0 Å². The first-order chi connectivity index (χ1) is 8.15. The van der Waals surface area contributed by atoms with Gasteiger partial charge in [-0.1, -0.05) is 30.3 Å². The number of hydrogen-bond donors (Lipinski definition) is 0. The normalized spacial score (nSPS) is 23.9. The number of cyclic esters (lactones) is 1. The summed E-state index contributed by atoms with van der Waals surface area (Å²) in [6.07, 6.45) is 0.495. The highest BCUT2D eigenvalue weighted by Crippen LogP contribution is 2.29. The molecule has 1 fully saturated rings. The number of alkyl halides is 1. The molecule has 0 radical (unpaired) electrons. The van der Waals surface area contributed by atoms with E-state index >= 15 is 0 Å². The van der Waals surface area contributed by atoms with Gasteiger partial charge >= 0.3 is 6.09 Å². The van der Waals surface area contributed by atoms with Gasteiger partial charge in [0.25, 0.3) is 0 Å². The molecule has 17 heavy (non-hydrogen) atoms. The SMILES string of the molecule is C[C@]1(CCCl)COC(=O)N1Cc1ccccc1. The number of nitrogens with zero attached hydrogens (tertiary/aromatic N) is 1. The van der Waals surface area contributed by atoms with E-state index < -0.39 is 0 Å². The molecule has 1 saturated heterocycles. The first-order valence-corrected chi connectivity index (χ1v) is 6.23. The minimum Gasteiger partial charge on any atom is -0.447 e. The van der Waals surface area contributed by atoms with Crippen LogP contribution in [0, 0.1) is 0 Å². The Hall–Kier alpha value is -1.22. The molecular formula is C13H16ClNO2. The number of ether oxygens (including phenoxy) is 1. The lowest BCUT2D eigenvalue weighted by atomic mass is 9.98. The van der Waals surface area contributed by atoms with Crippen molar-refractivity contribution in [2.45, 2.75) is 25.4 Å². The summed E-state index contributed by atoms with van der Waals surface area (Å²) in [6, 6.07) is 9.91. The van der Waals surface area contributed by atoms with Crippen LogP contribution in [0.4, 0.5) is 4.79 Å². The summed E-state index contributed by atoms with van der Waals surface area (Å²) >= 11 is 5.79. The molecule has 1 aromatic carbocycles. The molecule has 1 atom stereocenters. The Kier molecular flexibility index (Phi) is 3.57. The number of hydrogen-bond acceptors (Lipinski definition) is 2. The summed E-state index contributed by atoms with van der Waals surface area (Å²) in [7, 11) is 0. The van der Waals surface area contributed by atoms with Crippen molar-refractivity contribution in [3.63, 3.8) is 0 Å². The quantitative estimate of drug-likeness (QED) is 0.772. The van der Waals surface area contributed by atoms with Gasteiger partial charge in [-0.2, -0.15) is 0 Å². The van der Waals surface area contributed by atoms with Crippen LogP contribution in [-0.4, -0.2) is 29.0 Å². The van der Waals surface area contributed by atoms with E-state index in [1.807, 2.05) is 37.3 Å². The van der Waals surface area contributed by atoms with E-state index in [9.17, 15) is 4.79 Å². The number of amides is 1. The van der Waals surface area contributed by atoms with Gasteiger partial charge in [-0.3, -0.25) is 4.90 Å².